The molecular formula is C56H63NS2. The van der Waals surface area contributed by atoms with Crippen LogP contribution in [0, 0.1) is 0 Å². The van der Waals surface area contributed by atoms with Gasteiger partial charge in [-0.25, -0.2) is 0 Å². The summed E-state index contributed by atoms with van der Waals surface area (Å²) >= 11 is 7.18. The van der Waals surface area contributed by atoms with Crippen molar-refractivity contribution in [3.63, 3.8) is 0 Å². The molecule has 0 atom stereocenters. The first kappa shape index (κ1) is 41.4. The molecule has 1 heterocycles. The number of aryl methyl sites for hydroxylation is 1. The van der Waals surface area contributed by atoms with Crippen molar-refractivity contribution in [3.8, 4) is 32.7 Å². The number of fused-ring (bicyclic) bond motifs is 6. The Bertz CT molecular complexity index is 2370. The molecule has 0 N–H and O–H groups in total. The van der Waals surface area contributed by atoms with E-state index in [1.54, 1.807) is 0 Å². The zero-order valence-electron chi connectivity index (χ0n) is 36.6. The van der Waals surface area contributed by atoms with Gasteiger partial charge in [0.25, 0.3) is 0 Å². The lowest BCUT2D eigenvalue weighted by atomic mass is 9.82. The second-order valence-corrected chi connectivity index (χ2v) is 19.6. The SMILES string of the molecule is CCCCCC/C(CC)=C(/S)c1cc(CCCCCC)c(-c2ccc(N(c3ccc4c(c3)C(C)(C)c3ccccc3-4)c3ccc4c(c3)C(C)(C)c3ccccc3-4)cc2)s1. The third-order valence-corrected chi connectivity index (χ3v) is 15.4. The highest BCUT2D eigenvalue weighted by atomic mass is 32.1. The normalized spacial score (nSPS) is 14.7. The van der Waals surface area contributed by atoms with Gasteiger partial charge in [0.1, 0.15) is 0 Å². The number of thiophene rings is 1. The maximum Gasteiger partial charge on any atom is 0.0465 e. The number of benzene rings is 5. The van der Waals surface area contributed by atoms with Crippen LogP contribution in [0.5, 0.6) is 0 Å². The second-order valence-electron chi connectivity index (χ2n) is 18.1. The van der Waals surface area contributed by atoms with E-state index in [4.69, 9.17) is 12.6 Å². The van der Waals surface area contributed by atoms with Crippen LogP contribution in [-0.4, -0.2) is 0 Å². The molecule has 0 unspecified atom stereocenters. The van der Waals surface area contributed by atoms with Gasteiger partial charge in [-0.05, 0) is 130 Å². The van der Waals surface area contributed by atoms with Crippen molar-refractivity contribution >= 4 is 45.9 Å². The quantitative estimate of drug-likeness (QED) is 0.0752. The molecule has 0 saturated carbocycles. The molecule has 8 rings (SSSR count). The van der Waals surface area contributed by atoms with Gasteiger partial charge in [-0.1, -0.05) is 165 Å². The molecule has 5 aromatic carbocycles. The van der Waals surface area contributed by atoms with E-state index in [-0.39, 0.29) is 10.8 Å². The summed E-state index contributed by atoms with van der Waals surface area (Å²) < 4.78 is 0. The van der Waals surface area contributed by atoms with Crippen LogP contribution in [0.4, 0.5) is 17.1 Å². The van der Waals surface area contributed by atoms with Crippen molar-refractivity contribution in [1.29, 1.82) is 0 Å². The molecule has 2 aliphatic carbocycles. The number of unbranched alkanes of at least 4 members (excludes halogenated alkanes) is 6. The Labute approximate surface area is 365 Å². The Morgan fingerprint density at radius 2 is 1.05 bits per heavy atom. The van der Waals surface area contributed by atoms with E-state index >= 15 is 0 Å². The topological polar surface area (TPSA) is 3.24 Å². The van der Waals surface area contributed by atoms with Gasteiger partial charge in [-0.3, -0.25) is 0 Å². The minimum atomic E-state index is -0.0864. The van der Waals surface area contributed by atoms with Crippen LogP contribution >= 0.6 is 24.0 Å². The maximum atomic E-state index is 5.24. The van der Waals surface area contributed by atoms with E-state index in [0.29, 0.717) is 0 Å². The highest BCUT2D eigenvalue weighted by Crippen LogP contribution is 2.53. The number of nitrogens with zero attached hydrogens (tertiary/aromatic N) is 1. The summed E-state index contributed by atoms with van der Waals surface area (Å²) in [4.78, 5) is 6.43. The molecule has 0 radical (unpaired) electrons. The molecule has 0 spiro atoms. The van der Waals surface area contributed by atoms with Crippen LogP contribution in [-0.2, 0) is 17.3 Å². The second kappa shape index (κ2) is 17.3. The monoisotopic (exact) mass is 813 g/mol. The van der Waals surface area contributed by atoms with Gasteiger partial charge in [0.05, 0.1) is 0 Å². The standard InChI is InChI=1S/C56H63NS2/c1-8-11-13-15-21-38(10-3)53(58)52-35-40(22-16-14-12-9-2)54(59-52)39-27-29-41(30-28-39)57(42-31-33-46-44-23-17-19-25-48(44)55(4,5)50(46)36-42)43-32-34-47-45-24-18-20-26-49(45)56(6,7)51(47)37-43/h17-20,23-37,58H,8-16,21-22H2,1-7H3/b53-38+. The predicted molar refractivity (Wildman–Crippen MR) is 262 cm³/mol. The molecule has 0 saturated heterocycles. The third kappa shape index (κ3) is 7.79. The Morgan fingerprint density at radius 3 is 1.59 bits per heavy atom. The van der Waals surface area contributed by atoms with Crippen LogP contribution in [0.2, 0.25) is 0 Å². The van der Waals surface area contributed by atoms with E-state index < -0.39 is 0 Å². The lowest BCUT2D eigenvalue weighted by Crippen LogP contribution is -2.18. The predicted octanol–water partition coefficient (Wildman–Crippen LogP) is 17.6. The van der Waals surface area contributed by atoms with Gasteiger partial charge in [0.2, 0.25) is 0 Å². The van der Waals surface area contributed by atoms with Gasteiger partial charge in [0, 0.05) is 42.6 Å². The average molecular weight is 814 g/mol. The summed E-state index contributed by atoms with van der Waals surface area (Å²) in [7, 11) is 0. The van der Waals surface area contributed by atoms with E-state index in [1.165, 1.54) is 144 Å². The summed E-state index contributed by atoms with van der Waals surface area (Å²) in [5.41, 5.74) is 18.6. The van der Waals surface area contributed by atoms with Crippen molar-refractivity contribution in [1.82, 2.24) is 0 Å². The average Bonchev–Trinajstić information content (AvgIpc) is 3.86. The molecule has 6 aromatic rings. The van der Waals surface area contributed by atoms with Gasteiger partial charge < -0.3 is 4.90 Å². The summed E-state index contributed by atoms with van der Waals surface area (Å²) in [5, 5.41) is 0. The first-order valence-electron chi connectivity index (χ1n) is 22.5. The van der Waals surface area contributed by atoms with Gasteiger partial charge in [0.15, 0.2) is 0 Å². The minimum Gasteiger partial charge on any atom is -0.310 e. The first-order chi connectivity index (χ1) is 28.6. The smallest absolute Gasteiger partial charge is 0.0465 e. The number of rotatable bonds is 16. The molecular weight excluding hydrogens is 751 g/mol. The van der Waals surface area contributed by atoms with Crippen molar-refractivity contribution in [2.24, 2.45) is 0 Å². The van der Waals surface area contributed by atoms with Crippen molar-refractivity contribution in [2.45, 2.75) is 130 Å². The molecule has 2 aliphatic rings. The molecule has 1 nitrogen and oxygen atoms in total. The minimum absolute atomic E-state index is 0.0864. The Hall–Kier alpha value is -4.31. The van der Waals surface area contributed by atoms with Crippen LogP contribution in [0.15, 0.2) is 121 Å². The third-order valence-electron chi connectivity index (χ3n) is 13.5. The molecule has 0 fully saturated rings. The lowest BCUT2D eigenvalue weighted by Gasteiger charge is -2.30. The fourth-order valence-electron chi connectivity index (χ4n) is 9.99. The van der Waals surface area contributed by atoms with Gasteiger partial charge >= 0.3 is 0 Å². The number of hydrogen-bond acceptors (Lipinski definition) is 3. The molecule has 1 aromatic heterocycles. The highest BCUT2D eigenvalue weighted by Gasteiger charge is 2.37. The van der Waals surface area contributed by atoms with Gasteiger partial charge in [-0.15, -0.1) is 24.0 Å². The molecule has 0 amide bonds. The number of anilines is 3. The van der Waals surface area contributed by atoms with E-state index in [2.05, 4.69) is 169 Å². The Morgan fingerprint density at radius 1 is 0.542 bits per heavy atom. The first-order valence-corrected chi connectivity index (χ1v) is 23.8. The Kier molecular flexibility index (Phi) is 12.2. The summed E-state index contributed by atoms with van der Waals surface area (Å²) in [5.74, 6) is 0. The van der Waals surface area contributed by atoms with Crippen molar-refractivity contribution in [2.75, 3.05) is 4.90 Å². The highest BCUT2D eigenvalue weighted by molar-refractivity contribution is 7.90. The zero-order valence-corrected chi connectivity index (χ0v) is 38.3. The van der Waals surface area contributed by atoms with Crippen molar-refractivity contribution < 1.29 is 0 Å². The lowest BCUT2D eigenvalue weighted by molar-refractivity contribution is 0.659. The molecule has 304 valence electrons. The fraction of sp³-hybridized carbons (Fsp3) is 0.357. The molecule has 3 heteroatoms. The molecule has 59 heavy (non-hydrogen) atoms. The van der Waals surface area contributed by atoms with Crippen LogP contribution in [0.3, 0.4) is 0 Å². The van der Waals surface area contributed by atoms with Crippen LogP contribution in [0.25, 0.3) is 37.6 Å². The van der Waals surface area contributed by atoms with Crippen LogP contribution < -0.4 is 4.90 Å². The summed E-state index contributed by atoms with van der Waals surface area (Å²) in [6, 6.07) is 44.2. The largest absolute Gasteiger partial charge is 0.310 e. The molecule has 0 aliphatic heterocycles. The Balaban J connectivity index is 1.21. The summed E-state index contributed by atoms with van der Waals surface area (Å²) in [6.45, 7) is 16.4. The van der Waals surface area contributed by atoms with E-state index in [1.807, 2.05) is 11.3 Å². The van der Waals surface area contributed by atoms with E-state index in [9.17, 15) is 0 Å². The zero-order chi connectivity index (χ0) is 41.3. The van der Waals surface area contributed by atoms with E-state index in [0.717, 1.165) is 19.3 Å². The van der Waals surface area contributed by atoms with Crippen molar-refractivity contribution in [3.05, 3.63) is 154 Å². The van der Waals surface area contributed by atoms with Crippen LogP contribution in [0.1, 0.15) is 145 Å². The van der Waals surface area contributed by atoms with Gasteiger partial charge in [-0.2, -0.15) is 0 Å². The fourth-order valence-corrected chi connectivity index (χ4v) is 11.7. The number of thiol groups is 1. The number of hydrogen-bond donors (Lipinski definition) is 1. The summed E-state index contributed by atoms with van der Waals surface area (Å²) in [6.07, 6.45) is 13.5. The number of allylic oxidation sites excluding steroid dienone is 1. The molecule has 0 bridgehead atoms. The maximum absolute atomic E-state index is 5.24.